The third-order valence-corrected chi connectivity index (χ3v) is 3.28. The largest absolute Gasteiger partial charge is 0.423 e. The summed E-state index contributed by atoms with van der Waals surface area (Å²) in [5, 5.41) is 3.32. The van der Waals surface area contributed by atoms with Gasteiger partial charge in [-0.2, -0.15) is 0 Å². The molecule has 1 N–H and O–H groups in total. The molecule has 0 aliphatic heterocycles. The number of hydrogen-bond acceptors (Lipinski definition) is 4. The van der Waals surface area contributed by atoms with E-state index in [4.69, 9.17) is 4.74 Å². The van der Waals surface area contributed by atoms with Gasteiger partial charge in [0, 0.05) is 24.5 Å². The molecule has 0 unspecified atom stereocenters. The van der Waals surface area contributed by atoms with Crippen molar-refractivity contribution in [3.63, 3.8) is 0 Å². The molecule has 4 nitrogen and oxygen atoms in total. The molecule has 0 amide bonds. The second-order valence-corrected chi connectivity index (χ2v) is 5.93. The second kappa shape index (κ2) is 7.47. The second-order valence-electron chi connectivity index (χ2n) is 5.08. The predicted octanol–water partition coefficient (Wildman–Crippen LogP) is 3.92. The zero-order valence-corrected chi connectivity index (χ0v) is 13.5. The topological polar surface area (TPSA) is 47.0 Å². The van der Waals surface area contributed by atoms with Crippen LogP contribution in [0.2, 0.25) is 0 Å². The highest BCUT2D eigenvalue weighted by molar-refractivity contribution is 9.10. The Morgan fingerprint density at radius 3 is 2.62 bits per heavy atom. The van der Waals surface area contributed by atoms with E-state index in [1.165, 1.54) is 18.2 Å². The smallest absolute Gasteiger partial charge is 0.321 e. The Kier molecular flexibility index (Phi) is 5.64. The minimum Gasteiger partial charge on any atom is -0.423 e. The summed E-state index contributed by atoms with van der Waals surface area (Å²) in [6, 6.07) is 4.42. The van der Waals surface area contributed by atoms with E-state index in [0.717, 1.165) is 18.7 Å². The molecule has 1 aromatic heterocycles. The summed E-state index contributed by atoms with van der Waals surface area (Å²) >= 11 is 3.24. The third-order valence-electron chi connectivity index (χ3n) is 2.66. The molecule has 6 heteroatoms. The van der Waals surface area contributed by atoms with Crippen molar-refractivity contribution in [2.75, 3.05) is 6.54 Å². The molecule has 2 aromatic rings. The summed E-state index contributed by atoms with van der Waals surface area (Å²) < 4.78 is 19.0. The standard InChI is InChI=1S/C15H17BrFN3O/c1-10(2)6-18-7-11-8-19-15(20-9-11)21-14-4-3-12(17)5-13(14)16/h3-5,8-10,18H,6-7H2,1-2H3. The van der Waals surface area contributed by atoms with Crippen LogP contribution in [0.4, 0.5) is 4.39 Å². The van der Waals surface area contributed by atoms with Gasteiger partial charge in [0.1, 0.15) is 11.6 Å². The summed E-state index contributed by atoms with van der Waals surface area (Å²) in [6.45, 7) is 5.97. The van der Waals surface area contributed by atoms with Gasteiger partial charge < -0.3 is 10.1 Å². The van der Waals surface area contributed by atoms with E-state index in [0.29, 0.717) is 16.1 Å². The van der Waals surface area contributed by atoms with E-state index in [2.05, 4.69) is 45.1 Å². The van der Waals surface area contributed by atoms with E-state index in [1.54, 1.807) is 12.4 Å². The molecule has 0 saturated carbocycles. The Bertz CT molecular complexity index is 590. The number of nitrogens with zero attached hydrogens (tertiary/aromatic N) is 2. The third kappa shape index (κ3) is 5.06. The normalized spacial score (nSPS) is 10.9. The predicted molar refractivity (Wildman–Crippen MR) is 82.8 cm³/mol. The molecular weight excluding hydrogens is 337 g/mol. The maximum atomic E-state index is 13.0. The first-order valence-electron chi connectivity index (χ1n) is 6.69. The maximum Gasteiger partial charge on any atom is 0.321 e. The number of rotatable bonds is 6. The fourth-order valence-corrected chi connectivity index (χ4v) is 2.08. The first-order valence-corrected chi connectivity index (χ1v) is 7.48. The van der Waals surface area contributed by atoms with Crippen molar-refractivity contribution < 1.29 is 9.13 Å². The van der Waals surface area contributed by atoms with Crippen LogP contribution in [0.25, 0.3) is 0 Å². The van der Waals surface area contributed by atoms with Gasteiger partial charge in [0.2, 0.25) is 0 Å². The number of benzene rings is 1. The van der Waals surface area contributed by atoms with Gasteiger partial charge in [0.25, 0.3) is 0 Å². The van der Waals surface area contributed by atoms with Gasteiger partial charge >= 0.3 is 6.01 Å². The first kappa shape index (κ1) is 15.9. The molecule has 2 rings (SSSR count). The average Bonchev–Trinajstić information content (AvgIpc) is 2.43. The Morgan fingerprint density at radius 1 is 1.29 bits per heavy atom. The molecule has 0 atom stereocenters. The van der Waals surface area contributed by atoms with Crippen molar-refractivity contribution in [2.24, 2.45) is 5.92 Å². The van der Waals surface area contributed by atoms with Gasteiger partial charge in [0.05, 0.1) is 4.47 Å². The lowest BCUT2D eigenvalue weighted by molar-refractivity contribution is 0.436. The molecule has 0 fully saturated rings. The van der Waals surface area contributed by atoms with E-state index in [9.17, 15) is 4.39 Å². The molecular formula is C15H17BrFN3O. The van der Waals surface area contributed by atoms with Crippen LogP contribution in [0.1, 0.15) is 19.4 Å². The van der Waals surface area contributed by atoms with Crippen molar-refractivity contribution in [1.82, 2.24) is 15.3 Å². The lowest BCUT2D eigenvalue weighted by Gasteiger charge is -2.08. The van der Waals surface area contributed by atoms with Crippen LogP contribution in [-0.4, -0.2) is 16.5 Å². The van der Waals surface area contributed by atoms with Crippen LogP contribution < -0.4 is 10.1 Å². The maximum absolute atomic E-state index is 13.0. The molecule has 0 radical (unpaired) electrons. The van der Waals surface area contributed by atoms with Gasteiger partial charge in [-0.25, -0.2) is 14.4 Å². The van der Waals surface area contributed by atoms with Crippen molar-refractivity contribution in [3.8, 4) is 11.8 Å². The van der Waals surface area contributed by atoms with E-state index in [1.807, 2.05) is 0 Å². The van der Waals surface area contributed by atoms with Crippen molar-refractivity contribution in [2.45, 2.75) is 20.4 Å². The van der Waals surface area contributed by atoms with Crippen LogP contribution in [0.5, 0.6) is 11.8 Å². The Labute approximate surface area is 131 Å². The van der Waals surface area contributed by atoms with Crippen molar-refractivity contribution >= 4 is 15.9 Å². The van der Waals surface area contributed by atoms with E-state index in [-0.39, 0.29) is 11.8 Å². The molecule has 0 bridgehead atoms. The quantitative estimate of drug-likeness (QED) is 0.854. The highest BCUT2D eigenvalue weighted by Gasteiger charge is 2.06. The van der Waals surface area contributed by atoms with Crippen LogP contribution in [0, 0.1) is 11.7 Å². The lowest BCUT2D eigenvalue weighted by atomic mass is 10.2. The number of aromatic nitrogens is 2. The Morgan fingerprint density at radius 2 is 2.00 bits per heavy atom. The summed E-state index contributed by atoms with van der Waals surface area (Å²) in [7, 11) is 0. The SMILES string of the molecule is CC(C)CNCc1cnc(Oc2ccc(F)cc2Br)nc1. The number of ether oxygens (including phenoxy) is 1. The number of nitrogens with one attached hydrogen (secondary N) is 1. The molecule has 21 heavy (non-hydrogen) atoms. The van der Waals surface area contributed by atoms with Gasteiger partial charge in [-0.15, -0.1) is 0 Å². The minimum absolute atomic E-state index is 0.231. The molecule has 1 aromatic carbocycles. The average molecular weight is 354 g/mol. The van der Waals surface area contributed by atoms with Crippen LogP contribution in [-0.2, 0) is 6.54 Å². The molecule has 0 saturated heterocycles. The lowest BCUT2D eigenvalue weighted by Crippen LogP contribution is -2.19. The molecule has 0 aliphatic rings. The highest BCUT2D eigenvalue weighted by Crippen LogP contribution is 2.28. The first-order chi connectivity index (χ1) is 10.0. The number of hydrogen-bond donors (Lipinski definition) is 1. The van der Waals surface area contributed by atoms with Gasteiger partial charge in [-0.3, -0.25) is 0 Å². The van der Waals surface area contributed by atoms with Crippen LogP contribution in [0.15, 0.2) is 35.1 Å². The minimum atomic E-state index is -0.332. The zero-order chi connectivity index (χ0) is 15.2. The monoisotopic (exact) mass is 353 g/mol. The van der Waals surface area contributed by atoms with Crippen LogP contribution >= 0.6 is 15.9 Å². The summed E-state index contributed by atoms with van der Waals surface area (Å²) in [4.78, 5) is 8.29. The van der Waals surface area contributed by atoms with Gasteiger partial charge in [-0.05, 0) is 46.6 Å². The van der Waals surface area contributed by atoms with E-state index < -0.39 is 0 Å². The molecule has 1 heterocycles. The molecule has 112 valence electrons. The Hall–Kier alpha value is -1.53. The van der Waals surface area contributed by atoms with Crippen molar-refractivity contribution in [3.05, 3.63) is 46.4 Å². The van der Waals surface area contributed by atoms with Gasteiger partial charge in [-0.1, -0.05) is 13.8 Å². The molecule has 0 aliphatic carbocycles. The summed E-state index contributed by atoms with van der Waals surface area (Å²) in [6.07, 6.45) is 3.43. The Balaban J connectivity index is 1.95. The fraction of sp³-hybridized carbons (Fsp3) is 0.333. The fourth-order valence-electron chi connectivity index (χ4n) is 1.65. The number of halogens is 2. The zero-order valence-electron chi connectivity index (χ0n) is 11.9. The summed E-state index contributed by atoms with van der Waals surface area (Å²) in [5.74, 6) is 0.744. The highest BCUT2D eigenvalue weighted by atomic mass is 79.9. The van der Waals surface area contributed by atoms with Crippen molar-refractivity contribution in [1.29, 1.82) is 0 Å². The summed E-state index contributed by atoms with van der Waals surface area (Å²) in [5.41, 5.74) is 0.987. The van der Waals surface area contributed by atoms with E-state index >= 15 is 0 Å². The molecule has 0 spiro atoms. The van der Waals surface area contributed by atoms with Gasteiger partial charge in [0.15, 0.2) is 0 Å². The van der Waals surface area contributed by atoms with Crippen LogP contribution in [0.3, 0.4) is 0 Å².